The normalized spacial score (nSPS) is 14.7. The Morgan fingerprint density at radius 1 is 1.67 bits per heavy atom. The van der Waals surface area contributed by atoms with Crippen LogP contribution in [0, 0.1) is 0 Å². The van der Waals surface area contributed by atoms with Crippen LogP contribution in [0.25, 0.3) is 0 Å². The molecule has 1 aromatic rings. The Kier molecular flexibility index (Phi) is 0.828. The van der Waals surface area contributed by atoms with Crippen LogP contribution >= 0.6 is 0 Å². The molecule has 0 saturated carbocycles. The minimum Gasteiger partial charge on any atom is -0.407 e. The monoisotopic (exact) mass is 122 g/mol. The fraction of sp³-hybridized carbons (Fsp3) is 0.167. The minimum absolute atomic E-state index is 0.571. The summed E-state index contributed by atoms with van der Waals surface area (Å²) in [6.45, 7) is 0.571. The van der Waals surface area contributed by atoms with E-state index in [1.54, 1.807) is 10.9 Å². The second-order valence-corrected chi connectivity index (χ2v) is 1.80. The SMILES string of the molecule is C1=Nc2cccn2OC1. The summed E-state index contributed by atoms with van der Waals surface area (Å²) in [7, 11) is 0. The minimum atomic E-state index is 0.571. The van der Waals surface area contributed by atoms with Gasteiger partial charge in [0.05, 0.1) is 0 Å². The van der Waals surface area contributed by atoms with Crippen LogP contribution in [-0.4, -0.2) is 17.6 Å². The molecule has 0 N–H and O–H groups in total. The largest absolute Gasteiger partial charge is 0.407 e. The van der Waals surface area contributed by atoms with E-state index in [0.717, 1.165) is 5.82 Å². The van der Waals surface area contributed by atoms with Crippen LogP contribution in [0.2, 0.25) is 0 Å². The van der Waals surface area contributed by atoms with Gasteiger partial charge in [0.25, 0.3) is 0 Å². The molecule has 1 aliphatic heterocycles. The molecule has 2 rings (SSSR count). The molecule has 0 aromatic carbocycles. The molecule has 0 unspecified atom stereocenters. The van der Waals surface area contributed by atoms with E-state index in [0.29, 0.717) is 6.61 Å². The van der Waals surface area contributed by atoms with Crippen LogP contribution in [0.15, 0.2) is 23.3 Å². The number of rotatable bonds is 0. The van der Waals surface area contributed by atoms with Crippen molar-refractivity contribution >= 4 is 12.0 Å². The van der Waals surface area contributed by atoms with E-state index in [-0.39, 0.29) is 0 Å². The maximum atomic E-state index is 5.13. The lowest BCUT2D eigenvalue weighted by atomic mass is 10.6. The van der Waals surface area contributed by atoms with E-state index in [4.69, 9.17) is 4.84 Å². The summed E-state index contributed by atoms with van der Waals surface area (Å²) in [5.74, 6) is 0.862. The van der Waals surface area contributed by atoms with Crippen molar-refractivity contribution in [3.05, 3.63) is 18.3 Å². The third-order valence-electron chi connectivity index (χ3n) is 1.20. The van der Waals surface area contributed by atoms with E-state index in [1.807, 2.05) is 18.3 Å². The summed E-state index contributed by atoms with van der Waals surface area (Å²) < 4.78 is 1.65. The zero-order chi connectivity index (χ0) is 6.10. The van der Waals surface area contributed by atoms with Gasteiger partial charge in [-0.25, -0.2) is 4.99 Å². The Morgan fingerprint density at radius 2 is 2.67 bits per heavy atom. The van der Waals surface area contributed by atoms with Gasteiger partial charge in [-0.05, 0) is 12.1 Å². The third kappa shape index (κ3) is 0.614. The van der Waals surface area contributed by atoms with Crippen molar-refractivity contribution in [1.82, 2.24) is 4.73 Å². The third-order valence-corrected chi connectivity index (χ3v) is 1.20. The summed E-state index contributed by atoms with van der Waals surface area (Å²) in [6.07, 6.45) is 3.58. The van der Waals surface area contributed by atoms with Crippen molar-refractivity contribution in [3.63, 3.8) is 0 Å². The first-order valence-electron chi connectivity index (χ1n) is 2.80. The molecule has 9 heavy (non-hydrogen) atoms. The van der Waals surface area contributed by atoms with E-state index in [9.17, 15) is 0 Å². The van der Waals surface area contributed by atoms with Crippen LogP contribution in [0.5, 0.6) is 0 Å². The average molecular weight is 122 g/mol. The quantitative estimate of drug-likeness (QED) is 0.495. The highest BCUT2D eigenvalue weighted by Gasteiger charge is 2.00. The van der Waals surface area contributed by atoms with Gasteiger partial charge in [-0.3, -0.25) is 0 Å². The number of fused-ring (bicyclic) bond motifs is 1. The van der Waals surface area contributed by atoms with Gasteiger partial charge in [-0.15, -0.1) is 0 Å². The molecule has 0 amide bonds. The summed E-state index contributed by atoms with van der Waals surface area (Å²) in [6, 6.07) is 3.80. The zero-order valence-corrected chi connectivity index (χ0v) is 4.82. The van der Waals surface area contributed by atoms with E-state index in [1.165, 1.54) is 0 Å². The Morgan fingerprint density at radius 3 is 3.56 bits per heavy atom. The second kappa shape index (κ2) is 1.62. The molecule has 3 nitrogen and oxygen atoms in total. The smallest absolute Gasteiger partial charge is 0.167 e. The van der Waals surface area contributed by atoms with E-state index >= 15 is 0 Å². The lowest BCUT2D eigenvalue weighted by molar-refractivity contribution is 0.145. The topological polar surface area (TPSA) is 26.5 Å². The molecule has 0 spiro atoms. The molecule has 0 bridgehead atoms. The maximum absolute atomic E-state index is 5.13. The number of hydrogen-bond acceptors (Lipinski definition) is 2. The highest BCUT2D eigenvalue weighted by Crippen LogP contribution is 2.11. The molecule has 0 fully saturated rings. The molecule has 0 radical (unpaired) electrons. The van der Waals surface area contributed by atoms with Crippen LogP contribution in [-0.2, 0) is 0 Å². The molecular weight excluding hydrogens is 116 g/mol. The lowest BCUT2D eigenvalue weighted by Gasteiger charge is -2.08. The maximum Gasteiger partial charge on any atom is 0.167 e. The van der Waals surface area contributed by atoms with Crippen LogP contribution in [0.1, 0.15) is 0 Å². The van der Waals surface area contributed by atoms with Crippen molar-refractivity contribution in [3.8, 4) is 0 Å². The predicted molar refractivity (Wildman–Crippen MR) is 34.0 cm³/mol. The molecule has 0 aliphatic carbocycles. The summed E-state index contributed by atoms with van der Waals surface area (Å²) in [5, 5.41) is 0. The summed E-state index contributed by atoms with van der Waals surface area (Å²) in [4.78, 5) is 9.20. The first-order valence-corrected chi connectivity index (χ1v) is 2.80. The van der Waals surface area contributed by atoms with Gasteiger partial charge in [0.2, 0.25) is 0 Å². The Hall–Kier alpha value is -1.25. The molecule has 1 aliphatic rings. The molecular formula is C6H6N2O. The summed E-state index contributed by atoms with van der Waals surface area (Å²) in [5.41, 5.74) is 0. The predicted octanol–water partition coefficient (Wildman–Crippen LogP) is 0.633. The van der Waals surface area contributed by atoms with Gasteiger partial charge in [-0.2, -0.15) is 4.73 Å². The first-order chi connectivity index (χ1) is 4.47. The number of nitrogens with zero attached hydrogens (tertiary/aromatic N) is 2. The van der Waals surface area contributed by atoms with Gasteiger partial charge >= 0.3 is 0 Å². The Bertz CT molecular complexity index is 239. The number of aromatic nitrogens is 1. The van der Waals surface area contributed by atoms with Crippen molar-refractivity contribution in [2.75, 3.05) is 6.61 Å². The number of aliphatic imine (C=N–C) groups is 1. The summed E-state index contributed by atoms with van der Waals surface area (Å²) >= 11 is 0. The molecule has 46 valence electrons. The fourth-order valence-electron chi connectivity index (χ4n) is 0.811. The highest BCUT2D eigenvalue weighted by molar-refractivity contribution is 5.64. The number of hydrogen-bond donors (Lipinski definition) is 0. The van der Waals surface area contributed by atoms with E-state index < -0.39 is 0 Å². The average Bonchev–Trinajstić information content (AvgIpc) is 2.33. The molecule has 2 heterocycles. The first kappa shape index (κ1) is 4.61. The van der Waals surface area contributed by atoms with Crippen LogP contribution in [0.4, 0.5) is 5.82 Å². The van der Waals surface area contributed by atoms with E-state index in [2.05, 4.69) is 4.99 Å². The second-order valence-electron chi connectivity index (χ2n) is 1.80. The van der Waals surface area contributed by atoms with Gasteiger partial charge in [0, 0.05) is 12.4 Å². The Labute approximate surface area is 52.5 Å². The lowest BCUT2D eigenvalue weighted by Crippen LogP contribution is -2.15. The molecule has 0 saturated heterocycles. The van der Waals surface area contributed by atoms with Gasteiger partial charge in [0.15, 0.2) is 5.82 Å². The van der Waals surface area contributed by atoms with Gasteiger partial charge in [-0.1, -0.05) is 0 Å². The Balaban J connectivity index is 2.53. The van der Waals surface area contributed by atoms with Gasteiger partial charge in [0.1, 0.15) is 6.61 Å². The molecule has 1 aromatic heterocycles. The van der Waals surface area contributed by atoms with Crippen LogP contribution in [0.3, 0.4) is 0 Å². The zero-order valence-electron chi connectivity index (χ0n) is 4.82. The van der Waals surface area contributed by atoms with Gasteiger partial charge < -0.3 is 4.84 Å². The standard InChI is InChI=1S/C6H6N2O/c1-2-6-7-3-5-9-8(6)4-1/h1-4H,5H2. The van der Waals surface area contributed by atoms with Crippen molar-refractivity contribution in [2.45, 2.75) is 0 Å². The molecule has 0 atom stereocenters. The fourth-order valence-corrected chi connectivity index (χ4v) is 0.811. The van der Waals surface area contributed by atoms with Crippen molar-refractivity contribution < 1.29 is 4.84 Å². The van der Waals surface area contributed by atoms with Crippen molar-refractivity contribution in [2.24, 2.45) is 4.99 Å². The van der Waals surface area contributed by atoms with Crippen molar-refractivity contribution in [1.29, 1.82) is 0 Å². The highest BCUT2D eigenvalue weighted by atomic mass is 16.7. The molecule has 3 heteroatoms. The van der Waals surface area contributed by atoms with Crippen LogP contribution < -0.4 is 4.84 Å².